The number of amides is 2. The Morgan fingerprint density at radius 1 is 1.06 bits per heavy atom. The van der Waals surface area contributed by atoms with Crippen LogP contribution in [0.2, 0.25) is 0 Å². The summed E-state index contributed by atoms with van der Waals surface area (Å²) in [6.45, 7) is 2.80. The summed E-state index contributed by atoms with van der Waals surface area (Å²) < 4.78 is 4.89. The largest absolute Gasteiger partial charge is 0.463 e. The first kappa shape index (κ1) is 22.2. The van der Waals surface area contributed by atoms with E-state index in [1.807, 2.05) is 29.2 Å². The second kappa shape index (κ2) is 8.96. The SMILES string of the molecule is CCOC(=O)/C=C/c1ccc(NC(=O)C2CCCN2C(=O)C23CC4CC(CC(C4)C2)C3)cc1. The first-order valence-electron chi connectivity index (χ1n) is 12.5. The highest BCUT2D eigenvalue weighted by Gasteiger charge is 2.56. The third kappa shape index (κ3) is 4.44. The number of nitrogens with zero attached hydrogens (tertiary/aromatic N) is 1. The first-order valence-corrected chi connectivity index (χ1v) is 12.5. The molecule has 176 valence electrons. The van der Waals surface area contributed by atoms with Crippen molar-refractivity contribution in [2.75, 3.05) is 18.5 Å². The van der Waals surface area contributed by atoms with E-state index < -0.39 is 0 Å². The summed E-state index contributed by atoms with van der Waals surface area (Å²) in [7, 11) is 0. The predicted molar refractivity (Wildman–Crippen MR) is 126 cm³/mol. The Morgan fingerprint density at radius 2 is 1.70 bits per heavy atom. The maximum absolute atomic E-state index is 13.8. The quantitative estimate of drug-likeness (QED) is 0.515. The number of benzene rings is 1. The molecule has 5 fully saturated rings. The molecule has 4 saturated carbocycles. The lowest BCUT2D eigenvalue weighted by Crippen LogP contribution is -2.56. The van der Waals surface area contributed by atoms with Gasteiger partial charge in [-0.1, -0.05) is 12.1 Å². The van der Waals surface area contributed by atoms with E-state index in [2.05, 4.69) is 5.32 Å². The highest BCUT2D eigenvalue weighted by atomic mass is 16.5. The molecule has 1 unspecified atom stereocenters. The van der Waals surface area contributed by atoms with Gasteiger partial charge in [-0.25, -0.2) is 4.79 Å². The van der Waals surface area contributed by atoms with Crippen LogP contribution in [-0.2, 0) is 19.1 Å². The van der Waals surface area contributed by atoms with Crippen LogP contribution < -0.4 is 5.32 Å². The summed E-state index contributed by atoms with van der Waals surface area (Å²) in [6.07, 6.45) is 11.7. The van der Waals surface area contributed by atoms with Crippen LogP contribution in [0.1, 0.15) is 63.9 Å². The molecule has 1 aromatic rings. The third-order valence-electron chi connectivity index (χ3n) is 8.18. The number of hydrogen-bond donors (Lipinski definition) is 1. The molecule has 1 atom stereocenters. The van der Waals surface area contributed by atoms with Crippen molar-refractivity contribution in [2.24, 2.45) is 23.2 Å². The smallest absolute Gasteiger partial charge is 0.330 e. The van der Waals surface area contributed by atoms with Crippen LogP contribution in [0, 0.1) is 23.2 Å². The van der Waals surface area contributed by atoms with Crippen molar-refractivity contribution in [2.45, 2.75) is 64.3 Å². The Kier molecular flexibility index (Phi) is 6.02. The molecule has 0 radical (unpaired) electrons. The average Bonchev–Trinajstić information content (AvgIpc) is 3.27. The highest BCUT2D eigenvalue weighted by Crippen LogP contribution is 2.60. The Labute approximate surface area is 195 Å². The van der Waals surface area contributed by atoms with Crippen molar-refractivity contribution in [3.05, 3.63) is 35.9 Å². The fourth-order valence-electron chi connectivity index (χ4n) is 7.22. The molecule has 0 aromatic heterocycles. The van der Waals surface area contributed by atoms with Crippen molar-refractivity contribution < 1.29 is 19.1 Å². The van der Waals surface area contributed by atoms with E-state index >= 15 is 0 Å². The second-order valence-electron chi connectivity index (χ2n) is 10.6. The summed E-state index contributed by atoms with van der Waals surface area (Å²) in [5.74, 6) is 1.92. The molecular formula is C27H34N2O4. The van der Waals surface area contributed by atoms with Crippen LogP contribution in [-0.4, -0.2) is 41.9 Å². The fraction of sp³-hybridized carbons (Fsp3) is 0.593. The van der Waals surface area contributed by atoms with Crippen molar-refractivity contribution in [1.29, 1.82) is 0 Å². The minimum Gasteiger partial charge on any atom is -0.463 e. The van der Waals surface area contributed by atoms with E-state index in [1.54, 1.807) is 13.0 Å². The number of nitrogens with one attached hydrogen (secondary N) is 1. The van der Waals surface area contributed by atoms with Crippen LogP contribution >= 0.6 is 0 Å². The number of esters is 1. The first-order chi connectivity index (χ1) is 16.0. The summed E-state index contributed by atoms with van der Waals surface area (Å²) >= 11 is 0. The number of anilines is 1. The molecule has 5 aliphatic rings. The topological polar surface area (TPSA) is 75.7 Å². The van der Waals surface area contributed by atoms with Gasteiger partial charge in [-0.3, -0.25) is 9.59 Å². The number of ether oxygens (including phenoxy) is 1. The monoisotopic (exact) mass is 450 g/mol. The Balaban J connectivity index is 1.23. The maximum atomic E-state index is 13.8. The Hall–Kier alpha value is -2.63. The molecule has 4 aliphatic carbocycles. The molecule has 2 amide bonds. The number of carbonyl (C=O) groups excluding carboxylic acids is 3. The normalized spacial score (nSPS) is 32.3. The van der Waals surface area contributed by atoms with Crippen LogP contribution in [0.3, 0.4) is 0 Å². The molecule has 33 heavy (non-hydrogen) atoms. The third-order valence-corrected chi connectivity index (χ3v) is 8.18. The predicted octanol–water partition coefficient (Wildman–Crippen LogP) is 4.41. The lowest BCUT2D eigenvalue weighted by Gasteiger charge is -2.56. The number of hydrogen-bond acceptors (Lipinski definition) is 4. The number of rotatable bonds is 6. The molecular weight excluding hydrogens is 416 g/mol. The zero-order valence-electron chi connectivity index (χ0n) is 19.4. The highest BCUT2D eigenvalue weighted by molar-refractivity contribution is 5.98. The van der Waals surface area contributed by atoms with E-state index in [-0.39, 0.29) is 29.2 Å². The van der Waals surface area contributed by atoms with Crippen LogP contribution in [0.5, 0.6) is 0 Å². The lowest BCUT2D eigenvalue weighted by molar-refractivity contribution is -0.160. The molecule has 6 nitrogen and oxygen atoms in total. The van der Waals surface area contributed by atoms with Gasteiger partial charge in [0.2, 0.25) is 11.8 Å². The maximum Gasteiger partial charge on any atom is 0.330 e. The lowest BCUT2D eigenvalue weighted by atomic mass is 9.49. The van der Waals surface area contributed by atoms with E-state index in [9.17, 15) is 14.4 Å². The molecule has 1 aliphatic heterocycles. The van der Waals surface area contributed by atoms with Crippen molar-refractivity contribution in [3.8, 4) is 0 Å². The molecule has 6 rings (SSSR count). The van der Waals surface area contributed by atoms with Gasteiger partial charge >= 0.3 is 5.97 Å². The van der Waals surface area contributed by atoms with Gasteiger partial charge in [0, 0.05) is 18.3 Å². The van der Waals surface area contributed by atoms with Gasteiger partial charge in [0.25, 0.3) is 0 Å². The van der Waals surface area contributed by atoms with Crippen molar-refractivity contribution in [3.63, 3.8) is 0 Å². The van der Waals surface area contributed by atoms with Gasteiger partial charge < -0.3 is 15.0 Å². The zero-order chi connectivity index (χ0) is 23.0. The second-order valence-corrected chi connectivity index (χ2v) is 10.6. The van der Waals surface area contributed by atoms with E-state index in [4.69, 9.17) is 4.74 Å². The van der Waals surface area contributed by atoms with Gasteiger partial charge in [0.15, 0.2) is 0 Å². The number of carbonyl (C=O) groups is 3. The summed E-state index contributed by atoms with van der Waals surface area (Å²) in [5.41, 5.74) is 1.34. The minimum atomic E-state index is -0.381. The summed E-state index contributed by atoms with van der Waals surface area (Å²) in [5, 5.41) is 3.01. The van der Waals surface area contributed by atoms with E-state index in [0.717, 1.165) is 37.7 Å². The average molecular weight is 451 g/mol. The molecule has 6 heteroatoms. The zero-order valence-corrected chi connectivity index (χ0v) is 19.4. The standard InChI is InChI=1S/C27H34N2O4/c1-2-33-24(30)10-7-18-5-8-22(9-6-18)28-25(31)23-4-3-11-29(23)26(32)27-15-19-12-20(16-27)14-21(13-19)17-27/h5-10,19-21,23H,2-4,11-17H2,1H3,(H,28,31)/b10-7+. The molecule has 1 saturated heterocycles. The van der Waals surface area contributed by atoms with Gasteiger partial charge in [0.1, 0.15) is 6.04 Å². The van der Waals surface area contributed by atoms with Crippen LogP contribution in [0.15, 0.2) is 30.3 Å². The van der Waals surface area contributed by atoms with Crippen LogP contribution in [0.4, 0.5) is 5.69 Å². The molecule has 4 bridgehead atoms. The molecule has 1 aromatic carbocycles. The molecule has 1 heterocycles. The van der Waals surface area contributed by atoms with Crippen LogP contribution in [0.25, 0.3) is 6.08 Å². The van der Waals surface area contributed by atoms with Gasteiger partial charge in [-0.05, 0) is 99.8 Å². The minimum absolute atomic E-state index is 0.0969. The Bertz CT molecular complexity index is 916. The van der Waals surface area contributed by atoms with E-state index in [1.165, 1.54) is 25.3 Å². The van der Waals surface area contributed by atoms with Crippen molar-refractivity contribution >= 4 is 29.5 Å². The van der Waals surface area contributed by atoms with Gasteiger partial charge in [0.05, 0.1) is 12.0 Å². The Morgan fingerprint density at radius 3 is 2.30 bits per heavy atom. The van der Waals surface area contributed by atoms with Gasteiger partial charge in [-0.15, -0.1) is 0 Å². The van der Waals surface area contributed by atoms with Crippen molar-refractivity contribution in [1.82, 2.24) is 4.90 Å². The molecule has 0 spiro atoms. The fourth-order valence-corrected chi connectivity index (χ4v) is 7.22. The summed E-state index contributed by atoms with van der Waals surface area (Å²) in [6, 6.07) is 6.96. The van der Waals surface area contributed by atoms with Gasteiger partial charge in [-0.2, -0.15) is 0 Å². The van der Waals surface area contributed by atoms with E-state index in [0.29, 0.717) is 36.6 Å². The molecule has 1 N–H and O–H groups in total. The summed E-state index contributed by atoms with van der Waals surface area (Å²) in [4.78, 5) is 40.3. The number of likely N-dealkylation sites (tertiary alicyclic amines) is 1.